The molecule has 0 radical (unpaired) electrons. The van der Waals surface area contributed by atoms with Crippen molar-refractivity contribution in [2.75, 3.05) is 18.4 Å². The van der Waals surface area contributed by atoms with E-state index in [-0.39, 0.29) is 17.7 Å². The average molecular weight is 408 g/mol. The molecule has 1 N–H and O–H groups in total. The Hall–Kier alpha value is -2.92. The van der Waals surface area contributed by atoms with Crippen LogP contribution in [0.2, 0.25) is 5.02 Å². The van der Waals surface area contributed by atoms with Crippen LogP contribution >= 0.6 is 11.6 Å². The van der Waals surface area contributed by atoms with Crippen molar-refractivity contribution in [1.82, 2.24) is 9.88 Å². The molecule has 0 aliphatic carbocycles. The lowest BCUT2D eigenvalue weighted by Gasteiger charge is -2.32. The zero-order valence-corrected chi connectivity index (χ0v) is 16.7. The number of benzene rings is 2. The van der Waals surface area contributed by atoms with E-state index >= 15 is 0 Å². The number of carbonyl (C=O) groups is 2. The van der Waals surface area contributed by atoms with Crippen molar-refractivity contribution in [2.45, 2.75) is 19.3 Å². The molecule has 1 atom stereocenters. The molecular formula is C23H22ClN3O2. The monoisotopic (exact) mass is 407 g/mol. The fourth-order valence-electron chi connectivity index (χ4n) is 3.73. The van der Waals surface area contributed by atoms with Crippen molar-refractivity contribution < 1.29 is 9.59 Å². The maximum atomic E-state index is 12.8. The molecule has 1 fully saturated rings. The number of rotatable bonds is 4. The van der Waals surface area contributed by atoms with E-state index in [1.165, 1.54) is 6.20 Å². The van der Waals surface area contributed by atoms with Crippen LogP contribution < -0.4 is 5.32 Å². The second-order valence-electron chi connectivity index (χ2n) is 7.39. The van der Waals surface area contributed by atoms with Gasteiger partial charge in [0.2, 0.25) is 11.8 Å². The van der Waals surface area contributed by atoms with Gasteiger partial charge in [-0.2, -0.15) is 0 Å². The number of anilines is 1. The number of carbonyl (C=O) groups excluding carboxylic acids is 2. The van der Waals surface area contributed by atoms with Crippen LogP contribution in [0.5, 0.6) is 0 Å². The van der Waals surface area contributed by atoms with E-state index in [0.29, 0.717) is 30.4 Å². The molecule has 6 heteroatoms. The first-order valence-corrected chi connectivity index (χ1v) is 10.1. The summed E-state index contributed by atoms with van der Waals surface area (Å²) in [6, 6.07) is 17.6. The number of piperidine rings is 1. The van der Waals surface area contributed by atoms with E-state index in [4.69, 9.17) is 11.6 Å². The third-order valence-corrected chi connectivity index (χ3v) is 5.52. The number of amides is 2. The summed E-state index contributed by atoms with van der Waals surface area (Å²) in [4.78, 5) is 31.3. The number of halogens is 1. The predicted molar refractivity (Wildman–Crippen MR) is 115 cm³/mol. The molecule has 1 aromatic heterocycles. The van der Waals surface area contributed by atoms with Crippen LogP contribution in [0.4, 0.5) is 5.82 Å². The maximum Gasteiger partial charge on any atom is 0.230 e. The van der Waals surface area contributed by atoms with Crippen LogP contribution in [0.15, 0.2) is 60.8 Å². The van der Waals surface area contributed by atoms with Gasteiger partial charge in [-0.3, -0.25) is 9.59 Å². The number of aromatic nitrogens is 1. The minimum Gasteiger partial charge on any atom is -0.342 e. The topological polar surface area (TPSA) is 62.3 Å². The lowest BCUT2D eigenvalue weighted by Crippen LogP contribution is -2.44. The largest absolute Gasteiger partial charge is 0.342 e. The molecule has 0 spiro atoms. The molecule has 1 aliphatic heterocycles. The van der Waals surface area contributed by atoms with Crippen LogP contribution in [-0.4, -0.2) is 34.8 Å². The van der Waals surface area contributed by atoms with Gasteiger partial charge in [-0.25, -0.2) is 4.98 Å². The molecule has 5 nitrogen and oxygen atoms in total. The first-order chi connectivity index (χ1) is 14.1. The summed E-state index contributed by atoms with van der Waals surface area (Å²) in [6.07, 6.45) is 3.42. The minimum absolute atomic E-state index is 0.0578. The molecular weight excluding hydrogens is 386 g/mol. The molecule has 148 valence electrons. The second kappa shape index (κ2) is 8.62. The van der Waals surface area contributed by atoms with Gasteiger partial charge in [0.1, 0.15) is 5.82 Å². The number of hydrogen-bond acceptors (Lipinski definition) is 3. The summed E-state index contributed by atoms with van der Waals surface area (Å²) in [5.41, 5.74) is 0.991. The Morgan fingerprint density at radius 1 is 1.10 bits per heavy atom. The number of pyridine rings is 1. The highest BCUT2D eigenvalue weighted by atomic mass is 35.5. The average Bonchev–Trinajstić information content (AvgIpc) is 2.75. The number of nitrogens with zero attached hydrogens (tertiary/aromatic N) is 2. The Labute approximate surface area is 174 Å². The number of likely N-dealkylation sites (tertiary alicyclic amines) is 1. The van der Waals surface area contributed by atoms with Gasteiger partial charge in [-0.05, 0) is 41.3 Å². The van der Waals surface area contributed by atoms with Crippen molar-refractivity contribution in [3.8, 4) is 0 Å². The highest BCUT2D eigenvalue weighted by Crippen LogP contribution is 2.21. The van der Waals surface area contributed by atoms with Crippen LogP contribution in [0.25, 0.3) is 10.8 Å². The minimum atomic E-state index is -0.234. The quantitative estimate of drug-likeness (QED) is 0.701. The smallest absolute Gasteiger partial charge is 0.230 e. The van der Waals surface area contributed by atoms with Gasteiger partial charge < -0.3 is 10.2 Å². The number of nitrogens with one attached hydrogen (secondary N) is 1. The zero-order valence-electron chi connectivity index (χ0n) is 16.0. The molecule has 3 aromatic rings. The summed E-state index contributed by atoms with van der Waals surface area (Å²) in [6.45, 7) is 1.13. The summed E-state index contributed by atoms with van der Waals surface area (Å²) >= 11 is 5.83. The summed E-state index contributed by atoms with van der Waals surface area (Å²) in [7, 11) is 0. The third-order valence-electron chi connectivity index (χ3n) is 5.29. The van der Waals surface area contributed by atoms with Gasteiger partial charge in [-0.1, -0.05) is 54.1 Å². The molecule has 1 aliphatic rings. The second-order valence-corrected chi connectivity index (χ2v) is 7.82. The fourth-order valence-corrected chi connectivity index (χ4v) is 3.84. The lowest BCUT2D eigenvalue weighted by molar-refractivity contribution is -0.133. The van der Waals surface area contributed by atoms with Gasteiger partial charge in [0, 0.05) is 19.3 Å². The van der Waals surface area contributed by atoms with Gasteiger partial charge >= 0.3 is 0 Å². The summed E-state index contributed by atoms with van der Waals surface area (Å²) < 4.78 is 0. The van der Waals surface area contributed by atoms with Crippen LogP contribution in [0, 0.1) is 5.92 Å². The Bertz CT molecular complexity index is 1040. The Morgan fingerprint density at radius 2 is 1.93 bits per heavy atom. The third kappa shape index (κ3) is 4.74. The highest BCUT2D eigenvalue weighted by Gasteiger charge is 2.28. The molecule has 2 amide bonds. The molecule has 2 heterocycles. The van der Waals surface area contributed by atoms with Crippen LogP contribution in [0.1, 0.15) is 18.4 Å². The van der Waals surface area contributed by atoms with Crippen molar-refractivity contribution in [2.24, 2.45) is 5.92 Å². The number of fused-ring (bicyclic) bond motifs is 1. The molecule has 1 saturated heterocycles. The summed E-state index contributed by atoms with van der Waals surface area (Å²) in [5.74, 6) is 0.186. The maximum absolute atomic E-state index is 12.8. The van der Waals surface area contributed by atoms with E-state index in [1.807, 2.05) is 24.3 Å². The molecule has 4 rings (SSSR count). The molecule has 2 aromatic carbocycles. The Kier molecular flexibility index (Phi) is 5.76. The van der Waals surface area contributed by atoms with Crippen molar-refractivity contribution in [3.63, 3.8) is 0 Å². The van der Waals surface area contributed by atoms with Crippen LogP contribution in [0.3, 0.4) is 0 Å². The van der Waals surface area contributed by atoms with E-state index in [9.17, 15) is 9.59 Å². The van der Waals surface area contributed by atoms with E-state index < -0.39 is 0 Å². The zero-order chi connectivity index (χ0) is 20.2. The first-order valence-electron chi connectivity index (χ1n) is 9.76. The SMILES string of the molecule is O=C(Nc1ccc(Cl)cn1)C1CCCN(C(=O)Cc2ccc3ccccc3c2)C1. The predicted octanol–water partition coefficient (Wildman–Crippen LogP) is 4.31. The normalized spacial score (nSPS) is 16.6. The Balaban J connectivity index is 1.38. The van der Waals surface area contributed by atoms with E-state index in [1.54, 1.807) is 17.0 Å². The molecule has 1 unspecified atom stereocenters. The standard InChI is InChI=1S/C23H22ClN3O2/c24-20-9-10-21(25-14-20)26-23(29)19-6-3-11-27(15-19)22(28)13-16-7-8-17-4-1-2-5-18(17)12-16/h1-2,4-5,7-10,12,14,19H,3,6,11,13,15H2,(H,25,26,29). The molecule has 0 saturated carbocycles. The van der Waals surface area contributed by atoms with Gasteiger partial charge in [-0.15, -0.1) is 0 Å². The highest BCUT2D eigenvalue weighted by molar-refractivity contribution is 6.30. The molecule has 29 heavy (non-hydrogen) atoms. The number of hydrogen-bond donors (Lipinski definition) is 1. The first kappa shape index (κ1) is 19.4. The molecule has 0 bridgehead atoms. The van der Waals surface area contributed by atoms with Gasteiger partial charge in [0.25, 0.3) is 0 Å². The van der Waals surface area contributed by atoms with Crippen molar-refractivity contribution >= 4 is 40.0 Å². The van der Waals surface area contributed by atoms with Crippen molar-refractivity contribution in [3.05, 3.63) is 71.4 Å². The Morgan fingerprint density at radius 3 is 2.72 bits per heavy atom. The summed E-state index contributed by atoms with van der Waals surface area (Å²) in [5, 5.41) is 5.63. The van der Waals surface area contributed by atoms with Gasteiger partial charge in [0.05, 0.1) is 17.4 Å². The van der Waals surface area contributed by atoms with Gasteiger partial charge in [0.15, 0.2) is 0 Å². The van der Waals surface area contributed by atoms with E-state index in [2.05, 4.69) is 28.5 Å². The van der Waals surface area contributed by atoms with Crippen LogP contribution in [-0.2, 0) is 16.0 Å². The fraction of sp³-hybridized carbons (Fsp3) is 0.261. The lowest BCUT2D eigenvalue weighted by atomic mass is 9.96. The van der Waals surface area contributed by atoms with E-state index in [0.717, 1.165) is 29.2 Å². The van der Waals surface area contributed by atoms with Crippen molar-refractivity contribution in [1.29, 1.82) is 0 Å².